The molecule has 156 valence electrons. The lowest BCUT2D eigenvalue weighted by molar-refractivity contribution is 0.102. The van der Waals surface area contributed by atoms with E-state index in [-0.39, 0.29) is 5.91 Å². The van der Waals surface area contributed by atoms with E-state index in [1.807, 2.05) is 61.5 Å². The van der Waals surface area contributed by atoms with Crippen molar-refractivity contribution >= 4 is 28.4 Å². The van der Waals surface area contributed by atoms with Gasteiger partial charge in [-0.3, -0.25) is 4.79 Å². The number of nitrogens with zero attached hydrogens (tertiary/aromatic N) is 3. The van der Waals surface area contributed by atoms with E-state index in [2.05, 4.69) is 25.2 Å². The second-order valence-corrected chi connectivity index (χ2v) is 7.67. The van der Waals surface area contributed by atoms with Crippen LogP contribution in [0.2, 0.25) is 0 Å². The minimum Gasteiger partial charge on any atom is -0.439 e. The van der Waals surface area contributed by atoms with Crippen LogP contribution in [0.1, 0.15) is 28.9 Å². The van der Waals surface area contributed by atoms with Crippen molar-refractivity contribution in [3.63, 3.8) is 0 Å². The molecule has 7 nitrogen and oxygen atoms in total. The molecule has 2 aromatic carbocycles. The number of aryl methyl sites for hydroxylation is 1. The summed E-state index contributed by atoms with van der Waals surface area (Å²) in [6.45, 7) is 3.90. The Hall–Kier alpha value is -3.87. The molecule has 0 atom stereocenters. The van der Waals surface area contributed by atoms with Crippen LogP contribution < -0.4 is 15.0 Å². The van der Waals surface area contributed by atoms with Gasteiger partial charge in [0.25, 0.3) is 5.91 Å². The van der Waals surface area contributed by atoms with Gasteiger partial charge >= 0.3 is 0 Å². The molecule has 0 spiro atoms. The molecule has 0 aliphatic carbocycles. The molecule has 0 bridgehead atoms. The van der Waals surface area contributed by atoms with Crippen LogP contribution in [-0.4, -0.2) is 33.9 Å². The standard InChI is InChI=1S/C24H23N5O2/c1-16-14-22(28-24(26-16)29-12-4-5-13-29)31-18-10-8-17(9-11-18)27-23(30)20-15-25-21-7-3-2-6-19(20)21/h2-3,6-11,14-15,25H,4-5,12-13H2,1H3,(H,27,30). The number of carbonyl (C=O) groups is 1. The van der Waals surface area contributed by atoms with Gasteiger partial charge in [-0.25, -0.2) is 4.98 Å². The number of hydrogen-bond acceptors (Lipinski definition) is 5. The molecular weight excluding hydrogens is 390 g/mol. The number of carbonyl (C=O) groups excluding carboxylic acids is 1. The molecule has 31 heavy (non-hydrogen) atoms. The zero-order valence-electron chi connectivity index (χ0n) is 17.3. The summed E-state index contributed by atoms with van der Waals surface area (Å²) < 4.78 is 5.95. The van der Waals surface area contributed by atoms with E-state index in [1.54, 1.807) is 6.20 Å². The zero-order chi connectivity index (χ0) is 21.2. The first kappa shape index (κ1) is 19.1. The summed E-state index contributed by atoms with van der Waals surface area (Å²) in [6.07, 6.45) is 4.06. The first-order valence-corrected chi connectivity index (χ1v) is 10.4. The lowest BCUT2D eigenvalue weighted by Crippen LogP contribution is -2.20. The maximum absolute atomic E-state index is 12.7. The number of benzene rings is 2. The van der Waals surface area contributed by atoms with Crippen molar-refractivity contribution in [1.82, 2.24) is 15.0 Å². The molecule has 0 saturated carbocycles. The fraction of sp³-hybridized carbons (Fsp3) is 0.208. The third-order valence-electron chi connectivity index (χ3n) is 5.38. The SMILES string of the molecule is Cc1cc(Oc2ccc(NC(=O)c3c[nH]c4ccccc34)cc2)nc(N2CCCC2)n1. The van der Waals surface area contributed by atoms with Crippen molar-refractivity contribution < 1.29 is 9.53 Å². The second kappa shape index (κ2) is 8.10. The summed E-state index contributed by atoms with van der Waals surface area (Å²) in [7, 11) is 0. The Morgan fingerprint density at radius 1 is 1.06 bits per heavy atom. The summed E-state index contributed by atoms with van der Waals surface area (Å²) in [5.41, 5.74) is 3.11. The van der Waals surface area contributed by atoms with E-state index in [0.29, 0.717) is 22.9 Å². The Balaban J connectivity index is 1.29. The van der Waals surface area contributed by atoms with Crippen molar-refractivity contribution in [2.75, 3.05) is 23.3 Å². The number of nitrogens with one attached hydrogen (secondary N) is 2. The predicted octanol–water partition coefficient (Wildman–Crippen LogP) is 4.91. The highest BCUT2D eigenvalue weighted by Crippen LogP contribution is 2.26. The van der Waals surface area contributed by atoms with Gasteiger partial charge in [0.1, 0.15) is 5.75 Å². The average molecular weight is 413 g/mol. The Kier molecular flexibility index (Phi) is 5.00. The van der Waals surface area contributed by atoms with Gasteiger partial charge in [-0.15, -0.1) is 0 Å². The van der Waals surface area contributed by atoms with Crippen LogP contribution in [0.5, 0.6) is 11.6 Å². The van der Waals surface area contributed by atoms with Crippen LogP contribution in [0, 0.1) is 6.92 Å². The third kappa shape index (κ3) is 4.07. The number of rotatable bonds is 5. The van der Waals surface area contributed by atoms with Crippen LogP contribution >= 0.6 is 0 Å². The monoisotopic (exact) mass is 413 g/mol. The van der Waals surface area contributed by atoms with Crippen LogP contribution in [0.3, 0.4) is 0 Å². The fourth-order valence-corrected chi connectivity index (χ4v) is 3.82. The second-order valence-electron chi connectivity index (χ2n) is 7.67. The van der Waals surface area contributed by atoms with Gasteiger partial charge in [0.2, 0.25) is 11.8 Å². The zero-order valence-corrected chi connectivity index (χ0v) is 17.3. The van der Waals surface area contributed by atoms with E-state index in [4.69, 9.17) is 4.74 Å². The number of fused-ring (bicyclic) bond motifs is 1. The molecule has 1 saturated heterocycles. The summed E-state index contributed by atoms with van der Waals surface area (Å²) in [5, 5.41) is 3.83. The number of ether oxygens (including phenoxy) is 1. The minimum absolute atomic E-state index is 0.159. The summed E-state index contributed by atoms with van der Waals surface area (Å²) in [6, 6.07) is 16.8. The molecular formula is C24H23N5O2. The normalized spacial score (nSPS) is 13.5. The van der Waals surface area contributed by atoms with Gasteiger partial charge in [-0.05, 0) is 50.1 Å². The molecule has 3 heterocycles. The van der Waals surface area contributed by atoms with Crippen molar-refractivity contribution in [3.8, 4) is 11.6 Å². The molecule has 2 N–H and O–H groups in total. The number of amides is 1. The Morgan fingerprint density at radius 2 is 1.84 bits per heavy atom. The highest BCUT2D eigenvalue weighted by atomic mass is 16.5. The topological polar surface area (TPSA) is 83.1 Å². The van der Waals surface area contributed by atoms with Gasteiger partial charge in [-0.2, -0.15) is 4.98 Å². The molecule has 1 aliphatic heterocycles. The first-order valence-electron chi connectivity index (χ1n) is 10.4. The molecule has 1 amide bonds. The fourth-order valence-electron chi connectivity index (χ4n) is 3.82. The number of para-hydroxylation sites is 1. The lowest BCUT2D eigenvalue weighted by Gasteiger charge is -2.16. The largest absolute Gasteiger partial charge is 0.439 e. The number of hydrogen-bond donors (Lipinski definition) is 2. The number of H-pyrrole nitrogens is 1. The Labute approximate surface area is 180 Å². The van der Waals surface area contributed by atoms with Crippen molar-refractivity contribution in [2.45, 2.75) is 19.8 Å². The van der Waals surface area contributed by atoms with Crippen LogP contribution in [0.4, 0.5) is 11.6 Å². The third-order valence-corrected chi connectivity index (χ3v) is 5.38. The van der Waals surface area contributed by atoms with Gasteiger partial charge in [0.15, 0.2) is 0 Å². The van der Waals surface area contributed by atoms with Crippen molar-refractivity contribution in [2.24, 2.45) is 0 Å². The summed E-state index contributed by atoms with van der Waals surface area (Å²) >= 11 is 0. The molecule has 0 unspecified atom stereocenters. The molecule has 0 radical (unpaired) electrons. The van der Waals surface area contributed by atoms with Crippen LogP contribution in [-0.2, 0) is 0 Å². The van der Waals surface area contributed by atoms with E-state index in [0.717, 1.165) is 35.6 Å². The first-order chi connectivity index (χ1) is 15.2. The molecule has 5 rings (SSSR count). The molecule has 1 aliphatic rings. The van der Waals surface area contributed by atoms with Crippen LogP contribution in [0.25, 0.3) is 10.9 Å². The maximum atomic E-state index is 12.7. The number of anilines is 2. The van der Waals surface area contributed by atoms with Crippen LogP contribution in [0.15, 0.2) is 60.8 Å². The summed E-state index contributed by atoms with van der Waals surface area (Å²) in [5.74, 6) is 1.73. The summed E-state index contributed by atoms with van der Waals surface area (Å²) in [4.78, 5) is 27.1. The Bertz CT molecular complexity index is 1230. The van der Waals surface area contributed by atoms with Gasteiger partial charge < -0.3 is 19.9 Å². The molecule has 2 aromatic heterocycles. The van der Waals surface area contributed by atoms with E-state index in [1.165, 1.54) is 12.8 Å². The van der Waals surface area contributed by atoms with Gasteiger partial charge in [0.05, 0.1) is 5.56 Å². The smallest absolute Gasteiger partial charge is 0.257 e. The molecule has 4 aromatic rings. The molecule has 1 fully saturated rings. The van der Waals surface area contributed by atoms with Crippen molar-refractivity contribution in [3.05, 3.63) is 72.1 Å². The van der Waals surface area contributed by atoms with E-state index < -0.39 is 0 Å². The highest BCUT2D eigenvalue weighted by molar-refractivity contribution is 6.12. The lowest BCUT2D eigenvalue weighted by atomic mass is 10.1. The van der Waals surface area contributed by atoms with Gasteiger partial charge in [0, 0.05) is 47.6 Å². The van der Waals surface area contributed by atoms with Gasteiger partial charge in [-0.1, -0.05) is 18.2 Å². The Morgan fingerprint density at radius 3 is 2.65 bits per heavy atom. The number of aromatic nitrogens is 3. The predicted molar refractivity (Wildman–Crippen MR) is 121 cm³/mol. The quantitative estimate of drug-likeness (QED) is 0.486. The highest BCUT2D eigenvalue weighted by Gasteiger charge is 2.17. The minimum atomic E-state index is -0.159. The molecule has 7 heteroatoms. The maximum Gasteiger partial charge on any atom is 0.257 e. The van der Waals surface area contributed by atoms with E-state index >= 15 is 0 Å². The number of aromatic amines is 1. The average Bonchev–Trinajstić information content (AvgIpc) is 3.45. The van der Waals surface area contributed by atoms with Crippen molar-refractivity contribution in [1.29, 1.82) is 0 Å². The van der Waals surface area contributed by atoms with E-state index in [9.17, 15) is 4.79 Å².